The third-order valence-corrected chi connectivity index (χ3v) is 3.02. The number of aromatic nitrogens is 4. The highest BCUT2D eigenvalue weighted by Gasteiger charge is 2.04. The average Bonchev–Trinajstić information content (AvgIpc) is 2.42. The van der Waals surface area contributed by atoms with E-state index in [2.05, 4.69) is 41.2 Å². The first-order valence-corrected chi connectivity index (χ1v) is 6.60. The van der Waals surface area contributed by atoms with Gasteiger partial charge < -0.3 is 0 Å². The van der Waals surface area contributed by atoms with Gasteiger partial charge in [-0.2, -0.15) is 20.4 Å². The Kier molecular flexibility index (Phi) is 6.06. The standard InChI is InChI=1S/C9H14N2.C6H8N2/c1-4-8-5-10-11-6-9(8)7(2)3;1-5-3-4-7-8-6(5)2/h5-7H,4H2,1-3H3;3-4H,1-2H3. The molecule has 4 heteroatoms. The highest BCUT2D eigenvalue weighted by Crippen LogP contribution is 2.16. The Hall–Kier alpha value is -1.84. The quantitative estimate of drug-likeness (QED) is 0.829. The van der Waals surface area contributed by atoms with Crippen molar-refractivity contribution in [2.24, 2.45) is 0 Å². The van der Waals surface area contributed by atoms with Crippen molar-refractivity contribution < 1.29 is 0 Å². The Labute approximate surface area is 115 Å². The molecule has 0 bridgehead atoms. The van der Waals surface area contributed by atoms with Crippen LogP contribution in [-0.2, 0) is 6.42 Å². The van der Waals surface area contributed by atoms with Gasteiger partial charge >= 0.3 is 0 Å². The highest BCUT2D eigenvalue weighted by atomic mass is 15.1. The third kappa shape index (κ3) is 4.73. The second-order valence-electron chi connectivity index (χ2n) is 4.78. The largest absolute Gasteiger partial charge is 0.159 e. The Morgan fingerprint density at radius 1 is 1.05 bits per heavy atom. The van der Waals surface area contributed by atoms with E-state index in [-0.39, 0.29) is 0 Å². The van der Waals surface area contributed by atoms with E-state index < -0.39 is 0 Å². The molecule has 4 nitrogen and oxygen atoms in total. The van der Waals surface area contributed by atoms with Gasteiger partial charge in [-0.15, -0.1) is 0 Å². The van der Waals surface area contributed by atoms with Crippen LogP contribution in [0.15, 0.2) is 24.7 Å². The van der Waals surface area contributed by atoms with Crippen molar-refractivity contribution >= 4 is 0 Å². The summed E-state index contributed by atoms with van der Waals surface area (Å²) in [5.41, 5.74) is 4.84. The number of rotatable bonds is 2. The lowest BCUT2D eigenvalue weighted by atomic mass is 10.00. The van der Waals surface area contributed by atoms with Crippen LogP contribution in [0.25, 0.3) is 0 Å². The summed E-state index contributed by atoms with van der Waals surface area (Å²) in [5, 5.41) is 15.2. The number of hydrogen-bond donors (Lipinski definition) is 0. The van der Waals surface area contributed by atoms with Gasteiger partial charge in [-0.3, -0.25) is 0 Å². The number of nitrogens with zero attached hydrogens (tertiary/aromatic N) is 4. The summed E-state index contributed by atoms with van der Waals surface area (Å²) in [6.45, 7) is 10.5. The normalized spacial score (nSPS) is 10.0. The predicted molar refractivity (Wildman–Crippen MR) is 77.0 cm³/mol. The molecule has 0 aliphatic carbocycles. The molecule has 2 aromatic heterocycles. The maximum absolute atomic E-state index is 3.86. The highest BCUT2D eigenvalue weighted by molar-refractivity contribution is 5.23. The SMILES string of the molecule is CCc1cnncc1C(C)C.Cc1ccnnc1C. The molecular weight excluding hydrogens is 236 g/mol. The zero-order valence-electron chi connectivity index (χ0n) is 12.4. The van der Waals surface area contributed by atoms with Crippen LogP contribution >= 0.6 is 0 Å². The second kappa shape index (κ2) is 7.56. The van der Waals surface area contributed by atoms with E-state index >= 15 is 0 Å². The van der Waals surface area contributed by atoms with Crippen molar-refractivity contribution in [2.45, 2.75) is 47.0 Å². The molecule has 0 saturated carbocycles. The van der Waals surface area contributed by atoms with Crippen molar-refractivity contribution in [3.63, 3.8) is 0 Å². The minimum atomic E-state index is 0.556. The molecular formula is C15H22N4. The first-order valence-electron chi connectivity index (χ1n) is 6.60. The minimum absolute atomic E-state index is 0.556. The lowest BCUT2D eigenvalue weighted by molar-refractivity contribution is 0.814. The summed E-state index contributed by atoms with van der Waals surface area (Å²) in [7, 11) is 0. The van der Waals surface area contributed by atoms with Gasteiger partial charge in [0, 0.05) is 6.20 Å². The maximum Gasteiger partial charge on any atom is 0.0629 e. The predicted octanol–water partition coefficient (Wildman–Crippen LogP) is 3.26. The van der Waals surface area contributed by atoms with Crippen molar-refractivity contribution in [3.05, 3.63) is 47.0 Å². The van der Waals surface area contributed by atoms with Crippen LogP contribution in [0, 0.1) is 13.8 Å². The molecule has 102 valence electrons. The van der Waals surface area contributed by atoms with Crippen molar-refractivity contribution in [1.29, 1.82) is 0 Å². The molecule has 0 unspecified atom stereocenters. The van der Waals surface area contributed by atoms with Gasteiger partial charge in [0.25, 0.3) is 0 Å². The molecule has 0 N–H and O–H groups in total. The minimum Gasteiger partial charge on any atom is -0.159 e. The number of aryl methyl sites for hydroxylation is 3. The number of hydrogen-bond acceptors (Lipinski definition) is 4. The van der Waals surface area contributed by atoms with Crippen molar-refractivity contribution in [3.8, 4) is 0 Å². The Balaban J connectivity index is 0.000000200. The first kappa shape index (κ1) is 15.2. The lowest BCUT2D eigenvalue weighted by Crippen LogP contribution is -1.97. The van der Waals surface area contributed by atoms with E-state index in [4.69, 9.17) is 0 Å². The van der Waals surface area contributed by atoms with Gasteiger partial charge in [0.1, 0.15) is 0 Å². The molecule has 2 heterocycles. The van der Waals surface area contributed by atoms with Gasteiger partial charge in [0.2, 0.25) is 0 Å². The molecule has 0 spiro atoms. The summed E-state index contributed by atoms with van der Waals surface area (Å²) in [4.78, 5) is 0. The molecule has 0 radical (unpaired) electrons. The molecule has 19 heavy (non-hydrogen) atoms. The zero-order chi connectivity index (χ0) is 14.3. The summed E-state index contributed by atoms with van der Waals surface area (Å²) in [5.74, 6) is 0.556. The fourth-order valence-corrected chi connectivity index (χ4v) is 1.64. The van der Waals surface area contributed by atoms with Gasteiger partial charge in [-0.1, -0.05) is 20.8 Å². The van der Waals surface area contributed by atoms with Crippen LogP contribution < -0.4 is 0 Å². The monoisotopic (exact) mass is 258 g/mol. The molecule has 2 rings (SSSR count). The van der Waals surface area contributed by atoms with Gasteiger partial charge in [0.15, 0.2) is 0 Å². The van der Waals surface area contributed by atoms with Crippen molar-refractivity contribution in [1.82, 2.24) is 20.4 Å². The van der Waals surface area contributed by atoms with E-state index in [0.717, 1.165) is 12.1 Å². The van der Waals surface area contributed by atoms with E-state index in [1.165, 1.54) is 16.7 Å². The fourth-order valence-electron chi connectivity index (χ4n) is 1.64. The molecule has 2 aromatic rings. The Bertz CT molecular complexity index is 488. The molecule has 0 fully saturated rings. The van der Waals surface area contributed by atoms with E-state index in [1.54, 1.807) is 6.20 Å². The zero-order valence-corrected chi connectivity index (χ0v) is 12.4. The first-order chi connectivity index (χ1) is 9.06. The van der Waals surface area contributed by atoms with Crippen LogP contribution in [-0.4, -0.2) is 20.4 Å². The lowest BCUT2D eigenvalue weighted by Gasteiger charge is -2.08. The topological polar surface area (TPSA) is 51.6 Å². The summed E-state index contributed by atoms with van der Waals surface area (Å²) >= 11 is 0. The van der Waals surface area contributed by atoms with Crippen LogP contribution in [0.5, 0.6) is 0 Å². The second-order valence-corrected chi connectivity index (χ2v) is 4.78. The third-order valence-electron chi connectivity index (χ3n) is 3.02. The fraction of sp³-hybridized carbons (Fsp3) is 0.467. The maximum atomic E-state index is 3.86. The smallest absolute Gasteiger partial charge is 0.0629 e. The average molecular weight is 258 g/mol. The van der Waals surface area contributed by atoms with E-state index in [9.17, 15) is 0 Å². The van der Waals surface area contributed by atoms with Gasteiger partial charge in [-0.05, 0) is 48.9 Å². The van der Waals surface area contributed by atoms with Crippen LogP contribution in [0.4, 0.5) is 0 Å². The summed E-state index contributed by atoms with van der Waals surface area (Å²) in [6, 6.07) is 1.95. The van der Waals surface area contributed by atoms with Crippen LogP contribution in [0.2, 0.25) is 0 Å². The van der Waals surface area contributed by atoms with Crippen LogP contribution in [0.3, 0.4) is 0 Å². The molecule has 0 aliphatic rings. The molecule has 0 aromatic carbocycles. The van der Waals surface area contributed by atoms with Gasteiger partial charge in [0.05, 0.1) is 18.1 Å². The Morgan fingerprint density at radius 3 is 2.16 bits per heavy atom. The molecule has 0 atom stereocenters. The van der Waals surface area contributed by atoms with Crippen molar-refractivity contribution in [2.75, 3.05) is 0 Å². The molecule has 0 amide bonds. The van der Waals surface area contributed by atoms with Gasteiger partial charge in [-0.25, -0.2) is 0 Å². The molecule has 0 saturated heterocycles. The summed E-state index contributed by atoms with van der Waals surface area (Å²) in [6.07, 6.45) is 6.46. The summed E-state index contributed by atoms with van der Waals surface area (Å²) < 4.78 is 0. The molecule has 0 aliphatic heterocycles. The van der Waals surface area contributed by atoms with E-state index in [1.807, 2.05) is 32.3 Å². The Morgan fingerprint density at radius 2 is 1.74 bits per heavy atom. The van der Waals surface area contributed by atoms with E-state index in [0.29, 0.717) is 5.92 Å². The van der Waals surface area contributed by atoms with Crippen LogP contribution in [0.1, 0.15) is 49.1 Å².